The molecule has 0 spiro atoms. The van der Waals surface area contributed by atoms with Gasteiger partial charge in [-0.15, -0.1) is 0 Å². The van der Waals surface area contributed by atoms with Gasteiger partial charge in [0.1, 0.15) is 0 Å². The molecule has 46 heavy (non-hydrogen) atoms. The molecule has 0 radical (unpaired) electrons. The number of hydrogen-bond donors (Lipinski definition) is 0. The third-order valence-electron chi connectivity index (χ3n) is 8.77. The zero-order valence-corrected chi connectivity index (χ0v) is 30.1. The maximum absolute atomic E-state index is 13.0. The van der Waals surface area contributed by atoms with E-state index in [4.69, 9.17) is 19.1 Å². The minimum atomic E-state index is -0.361. The molecule has 0 heterocycles. The van der Waals surface area contributed by atoms with E-state index in [1.165, 1.54) is 128 Å². The Bertz CT molecular complexity index is 891. The lowest BCUT2D eigenvalue weighted by atomic mass is 9.94. The van der Waals surface area contributed by atoms with Crippen molar-refractivity contribution < 1.29 is 28.7 Å². The Kier molecular flexibility index (Phi) is 30.7. The van der Waals surface area contributed by atoms with Crippen LogP contribution in [0.15, 0.2) is 24.3 Å². The van der Waals surface area contributed by atoms with Gasteiger partial charge >= 0.3 is 18.1 Å². The fourth-order valence-electron chi connectivity index (χ4n) is 5.80. The number of carbonyl (C=O) groups is 2. The number of ether oxygens (including phenoxy) is 2. The van der Waals surface area contributed by atoms with Gasteiger partial charge in [0.15, 0.2) is 0 Å². The monoisotopic (exact) mass is 645 g/mol. The van der Waals surface area contributed by atoms with Crippen LogP contribution < -0.4 is 0 Å². The van der Waals surface area contributed by atoms with Crippen LogP contribution in [0.3, 0.4) is 0 Å². The minimum Gasteiger partial charge on any atom is -0.462 e. The van der Waals surface area contributed by atoms with Crippen molar-refractivity contribution in [2.45, 2.75) is 175 Å². The predicted molar refractivity (Wildman–Crippen MR) is 188 cm³/mol. The van der Waals surface area contributed by atoms with E-state index in [-0.39, 0.29) is 18.1 Å². The van der Waals surface area contributed by atoms with Gasteiger partial charge in [0.05, 0.1) is 24.3 Å². The Morgan fingerprint density at radius 1 is 0.565 bits per heavy atom. The molecule has 6 nitrogen and oxygen atoms in total. The van der Waals surface area contributed by atoms with Crippen molar-refractivity contribution in [3.63, 3.8) is 0 Å². The van der Waals surface area contributed by atoms with E-state index < -0.39 is 0 Å². The standard InChI is InChI=1S/C39H68O4.CO2/c1-5-8-11-14-17-18-21-24-28-35(27-23-20-16-13-10-7-3)33-43-39(41)37-30-25-29-36(31-37)38(40)42-32-34(4)26-22-19-15-12-9-6-2;2-1-3/h25,29-31,34-35H,5-24,26-28,32-33H2,1-4H3;. The quantitative estimate of drug-likeness (QED) is 0.0637. The van der Waals surface area contributed by atoms with E-state index in [0.717, 1.165) is 19.3 Å². The van der Waals surface area contributed by atoms with Crippen LogP contribution in [0.4, 0.5) is 0 Å². The van der Waals surface area contributed by atoms with Crippen LogP contribution in [0, 0.1) is 11.8 Å². The minimum absolute atomic E-state index is 0.250. The third-order valence-corrected chi connectivity index (χ3v) is 8.77. The lowest BCUT2D eigenvalue weighted by molar-refractivity contribution is -0.191. The number of hydrogen-bond acceptors (Lipinski definition) is 6. The average Bonchev–Trinajstić information content (AvgIpc) is 3.06. The summed E-state index contributed by atoms with van der Waals surface area (Å²) in [6.07, 6.45) is 29.4. The molecule has 0 bridgehead atoms. The molecule has 0 amide bonds. The smallest absolute Gasteiger partial charge is 0.373 e. The van der Waals surface area contributed by atoms with Gasteiger partial charge in [0.2, 0.25) is 0 Å². The van der Waals surface area contributed by atoms with Crippen molar-refractivity contribution in [2.24, 2.45) is 11.8 Å². The highest BCUT2D eigenvalue weighted by Crippen LogP contribution is 2.21. The maximum Gasteiger partial charge on any atom is 0.373 e. The molecule has 264 valence electrons. The second-order valence-electron chi connectivity index (χ2n) is 13.2. The second kappa shape index (κ2) is 32.5. The van der Waals surface area contributed by atoms with Gasteiger partial charge in [-0.3, -0.25) is 0 Å². The van der Waals surface area contributed by atoms with Crippen LogP contribution >= 0.6 is 0 Å². The summed E-state index contributed by atoms with van der Waals surface area (Å²) >= 11 is 0. The van der Waals surface area contributed by atoms with Gasteiger partial charge in [-0.2, -0.15) is 9.59 Å². The number of benzene rings is 1. The molecule has 1 rings (SSSR count). The average molecular weight is 645 g/mol. The molecular weight excluding hydrogens is 576 g/mol. The lowest BCUT2D eigenvalue weighted by Crippen LogP contribution is -2.16. The van der Waals surface area contributed by atoms with E-state index in [0.29, 0.717) is 36.2 Å². The summed E-state index contributed by atoms with van der Waals surface area (Å²) in [5.41, 5.74) is 0.851. The van der Waals surface area contributed by atoms with E-state index in [1.807, 2.05) is 0 Å². The summed E-state index contributed by atoms with van der Waals surface area (Å²) in [6.45, 7) is 9.78. The van der Waals surface area contributed by atoms with Gasteiger partial charge in [-0.25, -0.2) is 9.59 Å². The van der Waals surface area contributed by atoms with E-state index in [9.17, 15) is 9.59 Å². The molecule has 0 aliphatic rings. The molecule has 2 unspecified atom stereocenters. The zero-order valence-electron chi connectivity index (χ0n) is 30.1. The summed E-state index contributed by atoms with van der Waals surface area (Å²) < 4.78 is 11.4. The first kappa shape index (κ1) is 43.5. The molecule has 0 fully saturated rings. The van der Waals surface area contributed by atoms with Gasteiger partial charge in [0.25, 0.3) is 0 Å². The van der Waals surface area contributed by atoms with Crippen molar-refractivity contribution >= 4 is 18.1 Å². The molecule has 1 aromatic carbocycles. The summed E-state index contributed by atoms with van der Waals surface area (Å²) in [5.74, 6) is 0.0551. The van der Waals surface area contributed by atoms with Crippen LogP contribution in [0.5, 0.6) is 0 Å². The number of carbonyl (C=O) groups excluding carboxylic acids is 4. The summed E-state index contributed by atoms with van der Waals surface area (Å²) in [6, 6.07) is 6.84. The summed E-state index contributed by atoms with van der Waals surface area (Å²) in [7, 11) is 0. The topological polar surface area (TPSA) is 86.7 Å². The van der Waals surface area contributed by atoms with E-state index in [2.05, 4.69) is 27.7 Å². The van der Waals surface area contributed by atoms with Crippen LogP contribution in [0.1, 0.15) is 196 Å². The first-order chi connectivity index (χ1) is 22.4. The Morgan fingerprint density at radius 2 is 0.913 bits per heavy atom. The second-order valence-corrected chi connectivity index (χ2v) is 13.2. The molecule has 0 saturated carbocycles. The zero-order chi connectivity index (χ0) is 34.1. The van der Waals surface area contributed by atoms with E-state index in [1.54, 1.807) is 24.3 Å². The molecule has 6 heteroatoms. The SMILES string of the molecule is CCCCCCCCCCC(CCCCCCCC)COC(=O)c1cccc(C(=O)OCC(C)CCCCCCCC)c1.O=C=O. The highest BCUT2D eigenvalue weighted by Gasteiger charge is 2.16. The van der Waals surface area contributed by atoms with Gasteiger partial charge in [-0.1, -0.05) is 162 Å². The number of esters is 2. The van der Waals surface area contributed by atoms with Crippen molar-refractivity contribution in [3.8, 4) is 0 Å². The molecule has 1 aromatic rings. The molecule has 0 aliphatic carbocycles. The van der Waals surface area contributed by atoms with Crippen LogP contribution in [0.25, 0.3) is 0 Å². The maximum atomic E-state index is 13.0. The van der Waals surface area contributed by atoms with E-state index >= 15 is 0 Å². The van der Waals surface area contributed by atoms with Crippen molar-refractivity contribution in [3.05, 3.63) is 35.4 Å². The fraction of sp³-hybridized carbons (Fsp3) is 0.775. The lowest BCUT2D eigenvalue weighted by Gasteiger charge is -2.17. The number of unbranched alkanes of at least 4 members (excludes halogenated alkanes) is 17. The molecule has 0 aliphatic heterocycles. The normalized spacial score (nSPS) is 12.0. The third kappa shape index (κ3) is 25.7. The Hall–Kier alpha value is -2.46. The fourth-order valence-corrected chi connectivity index (χ4v) is 5.80. The molecule has 0 N–H and O–H groups in total. The highest BCUT2D eigenvalue weighted by molar-refractivity contribution is 5.95. The Morgan fingerprint density at radius 3 is 1.33 bits per heavy atom. The van der Waals surface area contributed by atoms with Crippen molar-refractivity contribution in [2.75, 3.05) is 13.2 Å². The van der Waals surface area contributed by atoms with Gasteiger partial charge < -0.3 is 9.47 Å². The Balaban J connectivity index is 0.00000647. The Labute approximate surface area is 282 Å². The van der Waals surface area contributed by atoms with Crippen molar-refractivity contribution in [1.82, 2.24) is 0 Å². The largest absolute Gasteiger partial charge is 0.462 e. The van der Waals surface area contributed by atoms with Gasteiger partial charge in [-0.05, 0) is 49.3 Å². The van der Waals surface area contributed by atoms with Crippen LogP contribution in [0.2, 0.25) is 0 Å². The number of rotatable bonds is 29. The predicted octanol–water partition coefficient (Wildman–Crippen LogP) is 11.7. The summed E-state index contributed by atoms with van der Waals surface area (Å²) in [5, 5.41) is 0. The molecular formula is C40H68O6. The van der Waals surface area contributed by atoms with Gasteiger partial charge in [0, 0.05) is 0 Å². The summed E-state index contributed by atoms with van der Waals surface area (Å²) in [4.78, 5) is 41.9. The first-order valence-electron chi connectivity index (χ1n) is 18.9. The molecule has 2 atom stereocenters. The molecule has 0 aromatic heterocycles. The highest BCUT2D eigenvalue weighted by atomic mass is 16.5. The first-order valence-corrected chi connectivity index (χ1v) is 18.9. The molecule has 0 saturated heterocycles. The van der Waals surface area contributed by atoms with Crippen LogP contribution in [-0.4, -0.2) is 31.3 Å². The van der Waals surface area contributed by atoms with Crippen LogP contribution in [-0.2, 0) is 19.1 Å². The van der Waals surface area contributed by atoms with Crippen molar-refractivity contribution in [1.29, 1.82) is 0 Å².